The Kier molecular flexibility index (Phi) is 5.58. The summed E-state index contributed by atoms with van der Waals surface area (Å²) in [5, 5.41) is 9.07. The minimum atomic E-state index is -0.697. The first-order chi connectivity index (χ1) is 12.9. The van der Waals surface area contributed by atoms with E-state index in [0.29, 0.717) is 38.3 Å². The lowest BCUT2D eigenvalue weighted by Gasteiger charge is -2.29. The summed E-state index contributed by atoms with van der Waals surface area (Å²) in [6.07, 6.45) is 0. The van der Waals surface area contributed by atoms with Gasteiger partial charge in [0.15, 0.2) is 0 Å². The molecule has 0 saturated carbocycles. The molecule has 1 heterocycles. The molecule has 3 rings (SSSR count). The number of amides is 3. The van der Waals surface area contributed by atoms with Crippen LogP contribution in [0.2, 0.25) is 10.0 Å². The molecule has 0 spiro atoms. The normalized spacial score (nSPS) is 16.4. The van der Waals surface area contributed by atoms with Gasteiger partial charge in [0.2, 0.25) is 0 Å². The van der Waals surface area contributed by atoms with Gasteiger partial charge in [-0.2, -0.15) is 0 Å². The Morgan fingerprint density at radius 2 is 1.93 bits per heavy atom. The second kappa shape index (κ2) is 7.90. The van der Waals surface area contributed by atoms with Crippen LogP contribution in [0.4, 0.5) is 10.5 Å². The first kappa shape index (κ1) is 19.1. The van der Waals surface area contributed by atoms with Gasteiger partial charge in [-0.25, -0.2) is 4.79 Å². The quantitative estimate of drug-likeness (QED) is 0.710. The average molecular weight is 406 g/mol. The number of ether oxygens (including phenoxy) is 1. The van der Waals surface area contributed by atoms with E-state index in [-0.39, 0.29) is 0 Å². The second-order valence-corrected chi connectivity index (χ2v) is 6.73. The van der Waals surface area contributed by atoms with E-state index >= 15 is 0 Å². The zero-order valence-corrected chi connectivity index (χ0v) is 16.1. The number of methoxy groups -OCH3 is 1. The Bertz CT molecular complexity index is 944. The highest BCUT2D eigenvalue weighted by molar-refractivity contribution is 6.31. The molecule has 1 aliphatic rings. The lowest BCUT2D eigenvalue weighted by Crippen LogP contribution is -2.46. The number of hydrogen-bond acceptors (Lipinski definition) is 3. The highest BCUT2D eigenvalue weighted by Crippen LogP contribution is 2.33. The standard InChI is InChI=1S/C19H17Cl2N3O3/c1-10-16(18(25)23-14-9-11(20)7-8-15(14)27-2)17(24-19(26)22-10)12-5-3-4-6-13(12)21/h3-9,17H,1-2H3,(H,23,25)(H2,22,24,26)/t17-/m1/s1. The first-order valence-corrected chi connectivity index (χ1v) is 8.84. The number of hydrogen-bond donors (Lipinski definition) is 3. The third-order valence-electron chi connectivity index (χ3n) is 4.14. The van der Waals surface area contributed by atoms with Gasteiger partial charge in [-0.05, 0) is 36.8 Å². The van der Waals surface area contributed by atoms with Gasteiger partial charge >= 0.3 is 6.03 Å². The summed E-state index contributed by atoms with van der Waals surface area (Å²) < 4.78 is 5.27. The van der Waals surface area contributed by atoms with Gasteiger partial charge in [-0.15, -0.1) is 0 Å². The van der Waals surface area contributed by atoms with Crippen molar-refractivity contribution in [2.75, 3.05) is 12.4 Å². The average Bonchev–Trinajstić information content (AvgIpc) is 2.61. The molecular weight excluding hydrogens is 389 g/mol. The lowest BCUT2D eigenvalue weighted by atomic mass is 9.94. The monoisotopic (exact) mass is 405 g/mol. The fraction of sp³-hybridized carbons (Fsp3) is 0.158. The highest BCUT2D eigenvalue weighted by Gasteiger charge is 2.32. The fourth-order valence-electron chi connectivity index (χ4n) is 2.90. The van der Waals surface area contributed by atoms with Crippen molar-refractivity contribution in [1.82, 2.24) is 10.6 Å². The number of carbonyl (C=O) groups excluding carboxylic acids is 2. The largest absolute Gasteiger partial charge is 0.495 e. The Balaban J connectivity index is 2.00. The smallest absolute Gasteiger partial charge is 0.319 e. The van der Waals surface area contributed by atoms with E-state index in [0.717, 1.165) is 0 Å². The summed E-state index contributed by atoms with van der Waals surface area (Å²) >= 11 is 12.3. The van der Waals surface area contributed by atoms with Crippen molar-refractivity contribution in [3.05, 3.63) is 69.3 Å². The Morgan fingerprint density at radius 3 is 2.63 bits per heavy atom. The van der Waals surface area contributed by atoms with E-state index in [4.69, 9.17) is 27.9 Å². The number of halogens is 2. The summed E-state index contributed by atoms with van der Waals surface area (Å²) in [5.41, 5.74) is 1.81. The van der Waals surface area contributed by atoms with Crippen LogP contribution >= 0.6 is 23.2 Å². The molecule has 0 aromatic heterocycles. The molecule has 8 heteroatoms. The summed E-state index contributed by atoms with van der Waals surface area (Å²) in [6.45, 7) is 1.66. The van der Waals surface area contributed by atoms with Crippen molar-refractivity contribution in [2.24, 2.45) is 0 Å². The zero-order valence-electron chi connectivity index (χ0n) is 14.6. The molecular formula is C19H17Cl2N3O3. The number of anilines is 1. The van der Waals surface area contributed by atoms with Gasteiger partial charge in [0.05, 0.1) is 24.4 Å². The Hall–Kier alpha value is -2.70. The van der Waals surface area contributed by atoms with Crippen LogP contribution in [0.5, 0.6) is 5.75 Å². The molecule has 2 aromatic carbocycles. The summed E-state index contributed by atoms with van der Waals surface area (Å²) in [6, 6.07) is 10.8. The fourth-order valence-corrected chi connectivity index (χ4v) is 3.32. The van der Waals surface area contributed by atoms with E-state index in [1.165, 1.54) is 7.11 Å². The first-order valence-electron chi connectivity index (χ1n) is 8.08. The molecule has 27 heavy (non-hydrogen) atoms. The molecule has 0 aliphatic carbocycles. The third kappa shape index (κ3) is 4.02. The SMILES string of the molecule is COc1ccc(Cl)cc1NC(=O)C1=C(C)NC(=O)N[C@@H]1c1ccccc1Cl. The summed E-state index contributed by atoms with van der Waals surface area (Å²) in [4.78, 5) is 25.0. The number of rotatable bonds is 4. The number of urea groups is 1. The van der Waals surface area contributed by atoms with Crippen LogP contribution in [0.1, 0.15) is 18.5 Å². The molecule has 0 unspecified atom stereocenters. The molecule has 1 atom stereocenters. The maximum Gasteiger partial charge on any atom is 0.319 e. The summed E-state index contributed by atoms with van der Waals surface area (Å²) in [5.74, 6) is 0.0542. The van der Waals surface area contributed by atoms with Crippen LogP contribution in [0, 0.1) is 0 Å². The van der Waals surface area contributed by atoms with Crippen molar-refractivity contribution in [3.63, 3.8) is 0 Å². The van der Waals surface area contributed by atoms with Crippen LogP contribution in [0.25, 0.3) is 0 Å². The van der Waals surface area contributed by atoms with Gasteiger partial charge < -0.3 is 20.7 Å². The molecule has 3 N–H and O–H groups in total. The number of benzene rings is 2. The van der Waals surface area contributed by atoms with Crippen LogP contribution in [0.3, 0.4) is 0 Å². The number of nitrogens with one attached hydrogen (secondary N) is 3. The molecule has 6 nitrogen and oxygen atoms in total. The molecule has 3 amide bonds. The zero-order chi connectivity index (χ0) is 19.6. The van der Waals surface area contributed by atoms with Crippen molar-refractivity contribution < 1.29 is 14.3 Å². The number of allylic oxidation sites excluding steroid dienone is 1. The summed E-state index contributed by atoms with van der Waals surface area (Å²) in [7, 11) is 1.50. The highest BCUT2D eigenvalue weighted by atomic mass is 35.5. The predicted octanol–water partition coefficient (Wildman–Crippen LogP) is 4.27. The molecule has 0 bridgehead atoms. The van der Waals surface area contributed by atoms with Crippen molar-refractivity contribution in [3.8, 4) is 5.75 Å². The molecule has 1 aliphatic heterocycles. The van der Waals surface area contributed by atoms with Crippen molar-refractivity contribution in [1.29, 1.82) is 0 Å². The van der Waals surface area contributed by atoms with Gasteiger partial charge in [-0.1, -0.05) is 41.4 Å². The van der Waals surface area contributed by atoms with Crippen LogP contribution in [0.15, 0.2) is 53.7 Å². The van der Waals surface area contributed by atoms with Crippen molar-refractivity contribution >= 4 is 40.8 Å². The van der Waals surface area contributed by atoms with E-state index in [9.17, 15) is 9.59 Å². The van der Waals surface area contributed by atoms with E-state index in [1.807, 2.05) is 0 Å². The second-order valence-electron chi connectivity index (χ2n) is 5.89. The molecule has 0 fully saturated rings. The van der Waals surface area contributed by atoms with Crippen LogP contribution in [-0.4, -0.2) is 19.0 Å². The molecule has 2 aromatic rings. The van der Waals surface area contributed by atoms with E-state index in [1.54, 1.807) is 49.4 Å². The van der Waals surface area contributed by atoms with E-state index in [2.05, 4.69) is 16.0 Å². The minimum absolute atomic E-state index is 0.338. The Labute approximate surface area is 166 Å². The molecule has 140 valence electrons. The molecule has 0 radical (unpaired) electrons. The van der Waals surface area contributed by atoms with Crippen LogP contribution in [-0.2, 0) is 4.79 Å². The van der Waals surface area contributed by atoms with Gasteiger partial charge in [0, 0.05) is 15.7 Å². The minimum Gasteiger partial charge on any atom is -0.495 e. The maximum atomic E-state index is 13.1. The Morgan fingerprint density at radius 1 is 1.19 bits per heavy atom. The molecule has 0 saturated heterocycles. The third-order valence-corrected chi connectivity index (χ3v) is 4.72. The van der Waals surface area contributed by atoms with E-state index < -0.39 is 18.0 Å². The lowest BCUT2D eigenvalue weighted by molar-refractivity contribution is -0.113. The maximum absolute atomic E-state index is 13.1. The number of carbonyl (C=O) groups is 2. The van der Waals surface area contributed by atoms with Gasteiger partial charge in [-0.3, -0.25) is 4.79 Å². The van der Waals surface area contributed by atoms with Crippen molar-refractivity contribution in [2.45, 2.75) is 13.0 Å². The van der Waals surface area contributed by atoms with Gasteiger partial charge in [0.25, 0.3) is 5.91 Å². The van der Waals surface area contributed by atoms with Gasteiger partial charge in [0.1, 0.15) is 5.75 Å². The van der Waals surface area contributed by atoms with Crippen LogP contribution < -0.4 is 20.7 Å². The predicted molar refractivity (Wildman–Crippen MR) is 105 cm³/mol. The topological polar surface area (TPSA) is 79.5 Å².